The Kier molecular flexibility index (Phi) is 4.76. The van der Waals surface area contributed by atoms with Crippen molar-refractivity contribution in [2.24, 2.45) is 5.92 Å². The molecule has 4 nitrogen and oxygen atoms in total. The molecule has 0 unspecified atom stereocenters. The van der Waals surface area contributed by atoms with Crippen LogP contribution in [0.2, 0.25) is 0 Å². The maximum absolute atomic E-state index is 12.4. The molecular formula is C18H19NO3S. The van der Waals surface area contributed by atoms with Crippen LogP contribution in [0.3, 0.4) is 0 Å². The van der Waals surface area contributed by atoms with Gasteiger partial charge in [0.05, 0.1) is 6.61 Å². The fraction of sp³-hybridized carbons (Fsp3) is 0.333. The third kappa shape index (κ3) is 3.29. The average Bonchev–Trinajstić information content (AvgIpc) is 2.90. The normalized spacial score (nSPS) is 14.1. The summed E-state index contributed by atoms with van der Waals surface area (Å²) in [6.45, 7) is 2.08. The highest BCUT2D eigenvalue weighted by molar-refractivity contribution is 7.15. The van der Waals surface area contributed by atoms with Gasteiger partial charge in [-0.25, -0.2) is 4.79 Å². The second-order valence-corrected chi connectivity index (χ2v) is 6.44. The number of carbonyl (C=O) groups excluding carboxylic acids is 2. The summed E-state index contributed by atoms with van der Waals surface area (Å²) in [6, 6.07) is 9.67. The molecule has 3 rings (SSSR count). The minimum Gasteiger partial charge on any atom is -0.462 e. The van der Waals surface area contributed by atoms with Crippen molar-refractivity contribution in [3.8, 4) is 11.1 Å². The highest BCUT2D eigenvalue weighted by Gasteiger charge is 2.28. The van der Waals surface area contributed by atoms with Gasteiger partial charge in [-0.05, 0) is 25.3 Å². The van der Waals surface area contributed by atoms with Crippen molar-refractivity contribution in [1.82, 2.24) is 0 Å². The second-order valence-electron chi connectivity index (χ2n) is 5.56. The molecule has 0 atom stereocenters. The third-order valence-corrected chi connectivity index (χ3v) is 4.96. The first-order valence-electron chi connectivity index (χ1n) is 7.85. The molecule has 0 bridgehead atoms. The lowest BCUT2D eigenvalue weighted by atomic mass is 9.85. The summed E-state index contributed by atoms with van der Waals surface area (Å²) in [5, 5.41) is 5.40. The van der Waals surface area contributed by atoms with Crippen LogP contribution in [0.25, 0.3) is 11.1 Å². The second kappa shape index (κ2) is 6.96. The number of ether oxygens (including phenoxy) is 1. The molecule has 0 saturated heterocycles. The van der Waals surface area contributed by atoms with Gasteiger partial charge in [-0.1, -0.05) is 36.8 Å². The maximum atomic E-state index is 12.4. The van der Waals surface area contributed by atoms with E-state index in [4.69, 9.17) is 4.74 Å². The Bertz CT molecular complexity index is 704. The molecule has 1 aromatic carbocycles. The summed E-state index contributed by atoms with van der Waals surface area (Å²) in [5.41, 5.74) is 2.20. The van der Waals surface area contributed by atoms with Gasteiger partial charge in [0.1, 0.15) is 10.6 Å². The number of hydrogen-bond acceptors (Lipinski definition) is 4. The Labute approximate surface area is 139 Å². The Morgan fingerprint density at radius 2 is 2.00 bits per heavy atom. The highest BCUT2D eigenvalue weighted by atomic mass is 32.1. The number of benzene rings is 1. The summed E-state index contributed by atoms with van der Waals surface area (Å²) in [6.07, 6.45) is 2.96. The molecule has 1 aliphatic rings. The van der Waals surface area contributed by atoms with E-state index in [9.17, 15) is 9.59 Å². The molecule has 1 saturated carbocycles. The minimum atomic E-state index is -0.392. The molecule has 0 spiro atoms. The first-order valence-corrected chi connectivity index (χ1v) is 8.73. The van der Waals surface area contributed by atoms with Gasteiger partial charge in [0, 0.05) is 16.9 Å². The van der Waals surface area contributed by atoms with Gasteiger partial charge in [-0.2, -0.15) is 0 Å². The molecule has 2 aromatic rings. The topological polar surface area (TPSA) is 55.4 Å². The zero-order valence-electron chi connectivity index (χ0n) is 13.0. The van der Waals surface area contributed by atoms with E-state index in [0.29, 0.717) is 17.2 Å². The molecule has 5 heteroatoms. The van der Waals surface area contributed by atoms with Gasteiger partial charge in [0.25, 0.3) is 0 Å². The molecule has 0 radical (unpaired) electrons. The Morgan fingerprint density at radius 1 is 1.26 bits per heavy atom. The largest absolute Gasteiger partial charge is 0.462 e. The van der Waals surface area contributed by atoms with Crippen LogP contribution in [0.1, 0.15) is 36.5 Å². The SMILES string of the molecule is CCOC(=O)c1c(-c2ccccc2)csc1NC(=O)C1CCC1. The average molecular weight is 329 g/mol. The molecule has 1 amide bonds. The number of hydrogen-bond donors (Lipinski definition) is 1. The van der Waals surface area contributed by atoms with Crippen LogP contribution < -0.4 is 5.32 Å². The fourth-order valence-corrected chi connectivity index (χ4v) is 3.53. The standard InChI is InChI=1S/C18H19NO3S/c1-2-22-18(21)15-14(12-7-4-3-5-8-12)11-23-17(15)19-16(20)13-9-6-10-13/h3-5,7-8,11,13H,2,6,9-10H2,1H3,(H,19,20). The van der Waals surface area contributed by atoms with Crippen molar-refractivity contribution in [3.63, 3.8) is 0 Å². The predicted octanol–water partition coefficient (Wildman–Crippen LogP) is 4.33. The number of rotatable bonds is 5. The number of anilines is 1. The van der Waals surface area contributed by atoms with Gasteiger partial charge >= 0.3 is 5.97 Å². The van der Waals surface area contributed by atoms with Crippen molar-refractivity contribution < 1.29 is 14.3 Å². The summed E-state index contributed by atoms with van der Waals surface area (Å²) < 4.78 is 5.19. The van der Waals surface area contributed by atoms with Crippen molar-refractivity contribution in [2.45, 2.75) is 26.2 Å². The summed E-state index contributed by atoms with van der Waals surface area (Å²) in [7, 11) is 0. The van der Waals surface area contributed by atoms with Crippen LogP contribution >= 0.6 is 11.3 Å². The number of nitrogens with one attached hydrogen (secondary N) is 1. The van der Waals surface area contributed by atoms with E-state index in [0.717, 1.165) is 30.4 Å². The van der Waals surface area contributed by atoms with Gasteiger partial charge in [0.15, 0.2) is 0 Å². The Hall–Kier alpha value is -2.14. The molecule has 23 heavy (non-hydrogen) atoms. The van der Waals surface area contributed by atoms with Crippen molar-refractivity contribution >= 4 is 28.2 Å². The van der Waals surface area contributed by atoms with E-state index in [2.05, 4.69) is 5.32 Å². The van der Waals surface area contributed by atoms with Crippen LogP contribution in [0.15, 0.2) is 35.7 Å². The van der Waals surface area contributed by atoms with Crippen LogP contribution in [0.4, 0.5) is 5.00 Å². The smallest absolute Gasteiger partial charge is 0.341 e. The molecule has 1 aromatic heterocycles. The van der Waals surface area contributed by atoms with E-state index in [-0.39, 0.29) is 11.8 Å². The molecule has 0 aliphatic heterocycles. The highest BCUT2D eigenvalue weighted by Crippen LogP contribution is 2.37. The Balaban J connectivity index is 1.94. The van der Waals surface area contributed by atoms with Crippen LogP contribution in [-0.2, 0) is 9.53 Å². The van der Waals surface area contributed by atoms with Crippen molar-refractivity contribution in [3.05, 3.63) is 41.3 Å². The van der Waals surface area contributed by atoms with Gasteiger partial charge < -0.3 is 10.1 Å². The monoisotopic (exact) mass is 329 g/mol. The van der Waals surface area contributed by atoms with Gasteiger partial charge in [-0.15, -0.1) is 11.3 Å². The van der Waals surface area contributed by atoms with Crippen LogP contribution in [-0.4, -0.2) is 18.5 Å². The lowest BCUT2D eigenvalue weighted by Gasteiger charge is -2.23. The van der Waals surface area contributed by atoms with Crippen molar-refractivity contribution in [2.75, 3.05) is 11.9 Å². The molecule has 120 valence electrons. The maximum Gasteiger partial charge on any atom is 0.341 e. The number of carbonyl (C=O) groups is 2. The Morgan fingerprint density at radius 3 is 2.61 bits per heavy atom. The van der Waals surface area contributed by atoms with E-state index in [1.807, 2.05) is 35.7 Å². The molecular weight excluding hydrogens is 310 g/mol. The molecule has 1 heterocycles. The third-order valence-electron chi connectivity index (χ3n) is 4.07. The lowest BCUT2D eigenvalue weighted by Crippen LogP contribution is -2.28. The van der Waals surface area contributed by atoms with Gasteiger partial charge in [-0.3, -0.25) is 4.79 Å². The molecule has 1 N–H and O–H groups in total. The van der Waals surface area contributed by atoms with E-state index >= 15 is 0 Å². The minimum absolute atomic E-state index is 0.00302. The zero-order chi connectivity index (χ0) is 16.2. The lowest BCUT2D eigenvalue weighted by molar-refractivity contribution is -0.122. The predicted molar refractivity (Wildman–Crippen MR) is 91.7 cm³/mol. The van der Waals surface area contributed by atoms with E-state index in [1.54, 1.807) is 6.92 Å². The van der Waals surface area contributed by atoms with E-state index in [1.165, 1.54) is 11.3 Å². The summed E-state index contributed by atoms with van der Waals surface area (Å²) in [4.78, 5) is 24.6. The number of amides is 1. The first-order chi connectivity index (χ1) is 11.2. The van der Waals surface area contributed by atoms with Crippen LogP contribution in [0, 0.1) is 5.92 Å². The van der Waals surface area contributed by atoms with E-state index < -0.39 is 5.97 Å². The number of thiophene rings is 1. The van der Waals surface area contributed by atoms with Crippen molar-refractivity contribution in [1.29, 1.82) is 0 Å². The zero-order valence-corrected chi connectivity index (χ0v) is 13.8. The van der Waals surface area contributed by atoms with Gasteiger partial charge in [0.2, 0.25) is 5.91 Å². The molecule has 1 fully saturated rings. The fourth-order valence-electron chi connectivity index (χ4n) is 2.57. The number of esters is 1. The summed E-state index contributed by atoms with van der Waals surface area (Å²) in [5.74, 6) is -0.313. The quantitative estimate of drug-likeness (QED) is 0.831. The molecule has 1 aliphatic carbocycles. The van der Waals surface area contributed by atoms with Crippen LogP contribution in [0.5, 0.6) is 0 Å². The summed E-state index contributed by atoms with van der Waals surface area (Å²) >= 11 is 1.37. The first kappa shape index (κ1) is 15.7.